The van der Waals surface area contributed by atoms with Crippen molar-refractivity contribution in [1.29, 1.82) is 0 Å². The van der Waals surface area contributed by atoms with E-state index in [4.69, 9.17) is 9.47 Å². The van der Waals surface area contributed by atoms with Gasteiger partial charge in [0, 0.05) is 52.4 Å². The largest absolute Gasteiger partial charge is 0.473 e. The van der Waals surface area contributed by atoms with E-state index in [0.29, 0.717) is 32.0 Å². The highest BCUT2D eigenvalue weighted by atomic mass is 32.2. The van der Waals surface area contributed by atoms with Crippen LogP contribution in [-0.4, -0.2) is 72.5 Å². The third-order valence-electron chi connectivity index (χ3n) is 3.99. The van der Waals surface area contributed by atoms with Gasteiger partial charge in [0.1, 0.15) is 6.10 Å². The molecule has 0 bridgehead atoms. The van der Waals surface area contributed by atoms with Crippen molar-refractivity contribution in [1.82, 2.24) is 18.6 Å². The maximum atomic E-state index is 12.1. The Morgan fingerprint density at radius 3 is 2.82 bits per heavy atom. The molecule has 1 aromatic rings. The van der Waals surface area contributed by atoms with E-state index in [1.165, 1.54) is 22.7 Å². The third-order valence-corrected chi connectivity index (χ3v) is 5.83. The van der Waals surface area contributed by atoms with Gasteiger partial charge in [-0.2, -0.15) is 17.0 Å². The molecule has 8 nitrogen and oxygen atoms in total. The van der Waals surface area contributed by atoms with E-state index < -0.39 is 15.8 Å². The van der Waals surface area contributed by atoms with Crippen molar-refractivity contribution >= 4 is 10.2 Å². The first-order chi connectivity index (χ1) is 10.4. The summed E-state index contributed by atoms with van der Waals surface area (Å²) in [6, 6.07) is 0. The van der Waals surface area contributed by atoms with E-state index in [0.717, 1.165) is 6.42 Å². The van der Waals surface area contributed by atoms with Gasteiger partial charge in [-0.1, -0.05) is 0 Å². The summed E-state index contributed by atoms with van der Waals surface area (Å²) in [6.45, 7) is 1.29. The smallest absolute Gasteiger partial charge is 0.281 e. The monoisotopic (exact) mass is 328 g/mol. The lowest BCUT2D eigenvalue weighted by atomic mass is 9.86. The first kappa shape index (κ1) is 15.6. The van der Waals surface area contributed by atoms with Crippen molar-refractivity contribution in [3.05, 3.63) is 18.6 Å². The Kier molecular flexibility index (Phi) is 4.06. The molecule has 3 rings (SSSR count). The molecule has 0 saturated carbocycles. The van der Waals surface area contributed by atoms with Crippen LogP contribution in [-0.2, 0) is 14.9 Å². The minimum absolute atomic E-state index is 0.0327. The molecule has 2 fully saturated rings. The molecule has 1 atom stereocenters. The molecule has 1 spiro atoms. The predicted molar refractivity (Wildman–Crippen MR) is 78.5 cm³/mol. The summed E-state index contributed by atoms with van der Waals surface area (Å²) in [6.07, 6.45) is 6.13. The lowest BCUT2D eigenvalue weighted by Gasteiger charge is -2.52. The van der Waals surface area contributed by atoms with Crippen LogP contribution in [0.5, 0.6) is 5.88 Å². The lowest BCUT2D eigenvalue weighted by molar-refractivity contribution is -0.165. The minimum atomic E-state index is -3.37. The summed E-state index contributed by atoms with van der Waals surface area (Å²) in [4.78, 5) is 8.08. The fourth-order valence-corrected chi connectivity index (χ4v) is 4.07. The van der Waals surface area contributed by atoms with E-state index in [-0.39, 0.29) is 6.10 Å². The van der Waals surface area contributed by atoms with Gasteiger partial charge in [-0.15, -0.1) is 0 Å². The van der Waals surface area contributed by atoms with Gasteiger partial charge in [0.2, 0.25) is 5.88 Å². The summed E-state index contributed by atoms with van der Waals surface area (Å²) in [7, 11) is -0.309. The van der Waals surface area contributed by atoms with Crippen LogP contribution < -0.4 is 4.74 Å². The fourth-order valence-electron chi connectivity index (χ4n) is 2.81. The molecule has 0 aromatic carbocycles. The number of nitrogens with zero attached hydrogens (tertiary/aromatic N) is 4. The van der Waals surface area contributed by atoms with Crippen molar-refractivity contribution in [3.63, 3.8) is 0 Å². The van der Waals surface area contributed by atoms with E-state index in [1.54, 1.807) is 18.6 Å². The first-order valence-electron chi connectivity index (χ1n) is 7.16. The van der Waals surface area contributed by atoms with Crippen LogP contribution in [0.1, 0.15) is 12.8 Å². The molecule has 0 radical (unpaired) electrons. The van der Waals surface area contributed by atoms with Gasteiger partial charge in [-0.25, -0.2) is 4.98 Å². The predicted octanol–water partition coefficient (Wildman–Crippen LogP) is -0.105. The number of aromatic nitrogens is 2. The Morgan fingerprint density at radius 2 is 2.18 bits per heavy atom. The lowest BCUT2D eigenvalue weighted by Crippen LogP contribution is -2.68. The van der Waals surface area contributed by atoms with Gasteiger partial charge in [0.15, 0.2) is 0 Å². The third kappa shape index (κ3) is 2.94. The summed E-state index contributed by atoms with van der Waals surface area (Å²) in [5.41, 5.74) is -0.436. The minimum Gasteiger partial charge on any atom is -0.473 e. The number of rotatable bonds is 4. The molecule has 9 heteroatoms. The van der Waals surface area contributed by atoms with E-state index >= 15 is 0 Å². The molecular formula is C13H20N4O4S. The van der Waals surface area contributed by atoms with Crippen LogP contribution in [0.25, 0.3) is 0 Å². The zero-order valence-corrected chi connectivity index (χ0v) is 13.5. The average Bonchev–Trinajstić information content (AvgIpc) is 2.46. The Morgan fingerprint density at radius 1 is 1.41 bits per heavy atom. The van der Waals surface area contributed by atoms with Gasteiger partial charge in [-0.3, -0.25) is 4.98 Å². The van der Waals surface area contributed by atoms with Crippen molar-refractivity contribution in [2.24, 2.45) is 0 Å². The molecule has 0 amide bonds. The second-order valence-electron chi connectivity index (χ2n) is 5.87. The van der Waals surface area contributed by atoms with Crippen LogP contribution in [0.4, 0.5) is 0 Å². The van der Waals surface area contributed by atoms with Crippen LogP contribution in [0, 0.1) is 0 Å². The Balaban J connectivity index is 1.61. The summed E-state index contributed by atoms with van der Waals surface area (Å²) < 4.78 is 38.4. The molecule has 0 N–H and O–H groups in total. The second kappa shape index (κ2) is 5.73. The normalized spacial score (nSPS) is 25.1. The van der Waals surface area contributed by atoms with Gasteiger partial charge < -0.3 is 9.47 Å². The van der Waals surface area contributed by atoms with E-state index in [2.05, 4.69) is 9.97 Å². The second-order valence-corrected chi connectivity index (χ2v) is 8.01. The average molecular weight is 328 g/mol. The Hall–Kier alpha value is -1.29. The summed E-state index contributed by atoms with van der Waals surface area (Å²) in [5.74, 6) is 0.488. The topological polar surface area (TPSA) is 84.9 Å². The van der Waals surface area contributed by atoms with E-state index in [9.17, 15) is 8.42 Å². The van der Waals surface area contributed by atoms with Crippen LogP contribution in [0.15, 0.2) is 18.6 Å². The zero-order chi connectivity index (χ0) is 15.8. The van der Waals surface area contributed by atoms with Gasteiger partial charge in [-0.05, 0) is 0 Å². The van der Waals surface area contributed by atoms with Crippen molar-refractivity contribution in [2.75, 3.05) is 33.8 Å². The van der Waals surface area contributed by atoms with Gasteiger partial charge in [0.05, 0.1) is 18.4 Å². The highest BCUT2D eigenvalue weighted by molar-refractivity contribution is 7.86. The molecule has 2 saturated heterocycles. The molecular weight excluding hydrogens is 308 g/mol. The van der Waals surface area contributed by atoms with Crippen molar-refractivity contribution < 1.29 is 17.9 Å². The molecule has 1 aromatic heterocycles. The SMILES string of the molecule is CN(C)S(=O)(=O)N1CC2(CC(Oc3cnccn3)CCO2)C1. The highest BCUT2D eigenvalue weighted by Crippen LogP contribution is 2.37. The molecule has 22 heavy (non-hydrogen) atoms. The Bertz CT molecular complexity index is 616. The first-order valence-corrected chi connectivity index (χ1v) is 8.55. The number of hydrogen-bond acceptors (Lipinski definition) is 6. The van der Waals surface area contributed by atoms with Crippen LogP contribution >= 0.6 is 0 Å². The number of ether oxygens (including phenoxy) is 2. The van der Waals surface area contributed by atoms with Crippen molar-refractivity contribution in [2.45, 2.75) is 24.5 Å². The fraction of sp³-hybridized carbons (Fsp3) is 0.692. The molecule has 2 aliphatic heterocycles. The molecule has 2 aliphatic rings. The van der Waals surface area contributed by atoms with Crippen LogP contribution in [0.3, 0.4) is 0 Å². The van der Waals surface area contributed by atoms with Crippen LogP contribution in [0.2, 0.25) is 0 Å². The highest BCUT2D eigenvalue weighted by Gasteiger charge is 2.52. The van der Waals surface area contributed by atoms with Gasteiger partial charge in [0.25, 0.3) is 10.2 Å². The summed E-state index contributed by atoms with van der Waals surface area (Å²) >= 11 is 0. The van der Waals surface area contributed by atoms with Gasteiger partial charge >= 0.3 is 0 Å². The maximum absolute atomic E-state index is 12.1. The summed E-state index contributed by atoms with van der Waals surface area (Å²) in [5, 5.41) is 0. The number of hydrogen-bond donors (Lipinski definition) is 0. The maximum Gasteiger partial charge on any atom is 0.281 e. The standard InChI is InChI=1S/C13H20N4O4S/c1-16(2)22(18,19)17-9-13(10-17)7-11(3-6-20-13)21-12-8-14-4-5-15-12/h4-5,8,11H,3,6-7,9-10H2,1-2H3. The quantitative estimate of drug-likeness (QED) is 0.767. The molecule has 3 heterocycles. The molecule has 122 valence electrons. The van der Waals surface area contributed by atoms with E-state index in [1.807, 2.05) is 0 Å². The zero-order valence-electron chi connectivity index (χ0n) is 12.7. The van der Waals surface area contributed by atoms with Crippen molar-refractivity contribution in [3.8, 4) is 5.88 Å². The molecule has 0 aliphatic carbocycles. The Labute approximate surface area is 130 Å². The molecule has 1 unspecified atom stereocenters.